The van der Waals surface area contributed by atoms with Gasteiger partial charge < -0.3 is 10.2 Å². The maximum Gasteiger partial charge on any atom is 0.416 e. The van der Waals surface area contributed by atoms with E-state index in [-0.39, 0.29) is 38.5 Å². The predicted molar refractivity (Wildman–Crippen MR) is 186 cm³/mol. The number of hydrogen-bond acceptors (Lipinski definition) is 4. The highest BCUT2D eigenvalue weighted by atomic mass is 35.5. The minimum atomic E-state index is -4.85. The van der Waals surface area contributed by atoms with Crippen molar-refractivity contribution in [2.24, 2.45) is 0 Å². The van der Waals surface area contributed by atoms with Gasteiger partial charge in [0.15, 0.2) is 0 Å². The molecule has 1 N–H and O–H groups in total. The summed E-state index contributed by atoms with van der Waals surface area (Å²) in [5, 5.41) is 2.87. The summed E-state index contributed by atoms with van der Waals surface area (Å²) >= 11 is 19.4. The molecule has 0 saturated heterocycles. The molecular formula is C35H33Cl3F3N3O4S. The highest BCUT2D eigenvalue weighted by Crippen LogP contribution is 2.38. The Balaban J connectivity index is 1.89. The summed E-state index contributed by atoms with van der Waals surface area (Å²) in [4.78, 5) is 29.3. The van der Waals surface area contributed by atoms with Gasteiger partial charge in [-0.1, -0.05) is 103 Å². The van der Waals surface area contributed by atoms with Crippen molar-refractivity contribution < 1.29 is 31.2 Å². The maximum absolute atomic E-state index is 14.6. The fourth-order valence-corrected chi connectivity index (χ4v) is 7.26. The third kappa shape index (κ3) is 9.69. The number of halogens is 6. The van der Waals surface area contributed by atoms with E-state index in [2.05, 4.69) is 5.32 Å². The second-order valence-corrected chi connectivity index (χ2v) is 14.1. The molecule has 1 atom stereocenters. The molecule has 4 rings (SSSR count). The van der Waals surface area contributed by atoms with Crippen LogP contribution in [0.1, 0.15) is 36.5 Å². The molecule has 0 aliphatic rings. The highest BCUT2D eigenvalue weighted by molar-refractivity contribution is 7.92. The number of alkyl halides is 3. The molecule has 0 bridgehead atoms. The molecule has 0 heterocycles. The largest absolute Gasteiger partial charge is 0.416 e. The topological polar surface area (TPSA) is 86.8 Å². The number of carbonyl (C=O) groups excluding carboxylic acids is 2. The molecule has 0 spiro atoms. The van der Waals surface area contributed by atoms with E-state index in [9.17, 15) is 31.2 Å². The zero-order valence-corrected chi connectivity index (χ0v) is 29.3. The van der Waals surface area contributed by atoms with E-state index in [0.29, 0.717) is 35.0 Å². The zero-order valence-electron chi connectivity index (χ0n) is 26.3. The van der Waals surface area contributed by atoms with Crippen molar-refractivity contribution in [3.63, 3.8) is 0 Å². The second kappa shape index (κ2) is 16.8. The molecule has 14 heteroatoms. The summed E-state index contributed by atoms with van der Waals surface area (Å²) in [7, 11) is -4.70. The van der Waals surface area contributed by atoms with E-state index in [4.69, 9.17) is 34.8 Å². The number of benzene rings is 4. The van der Waals surface area contributed by atoms with Gasteiger partial charge >= 0.3 is 6.18 Å². The molecule has 2 amide bonds. The van der Waals surface area contributed by atoms with E-state index < -0.39 is 51.9 Å². The summed E-state index contributed by atoms with van der Waals surface area (Å²) in [5.41, 5.74) is -0.773. The molecule has 260 valence electrons. The molecular weight excluding hydrogens is 722 g/mol. The van der Waals surface area contributed by atoms with Gasteiger partial charge in [-0.15, -0.1) is 0 Å². The number of amides is 2. The van der Waals surface area contributed by atoms with Crippen molar-refractivity contribution in [1.29, 1.82) is 0 Å². The molecule has 49 heavy (non-hydrogen) atoms. The van der Waals surface area contributed by atoms with Crippen LogP contribution in [0.25, 0.3) is 0 Å². The van der Waals surface area contributed by atoms with Crippen molar-refractivity contribution in [2.75, 3.05) is 17.4 Å². The lowest BCUT2D eigenvalue weighted by molar-refractivity contribution is -0.140. The minimum absolute atomic E-state index is 0.0162. The lowest BCUT2D eigenvalue weighted by atomic mass is 10.0. The van der Waals surface area contributed by atoms with Crippen LogP contribution >= 0.6 is 34.8 Å². The predicted octanol–water partition coefficient (Wildman–Crippen LogP) is 8.42. The quantitative estimate of drug-likeness (QED) is 0.131. The van der Waals surface area contributed by atoms with Crippen molar-refractivity contribution in [3.05, 3.63) is 129 Å². The number of hydrogen-bond donors (Lipinski definition) is 1. The van der Waals surface area contributed by atoms with E-state index in [1.54, 1.807) is 54.6 Å². The Hall–Kier alpha value is -3.77. The Kier molecular flexibility index (Phi) is 13.0. The van der Waals surface area contributed by atoms with Crippen LogP contribution in [-0.2, 0) is 38.8 Å². The van der Waals surface area contributed by atoms with Crippen LogP contribution < -0.4 is 9.62 Å². The third-order valence-corrected chi connectivity index (χ3v) is 10.4. The number of rotatable bonds is 14. The number of nitrogens with one attached hydrogen (secondary N) is 1. The molecule has 0 aliphatic heterocycles. The molecule has 7 nitrogen and oxygen atoms in total. The Morgan fingerprint density at radius 2 is 1.45 bits per heavy atom. The van der Waals surface area contributed by atoms with Gasteiger partial charge in [-0.3, -0.25) is 13.9 Å². The second-order valence-electron chi connectivity index (χ2n) is 11.1. The molecule has 0 radical (unpaired) electrons. The highest BCUT2D eigenvalue weighted by Gasteiger charge is 2.37. The van der Waals surface area contributed by atoms with Gasteiger partial charge in [0.25, 0.3) is 10.0 Å². The monoisotopic (exact) mass is 753 g/mol. The van der Waals surface area contributed by atoms with E-state index in [1.165, 1.54) is 24.3 Å². The van der Waals surface area contributed by atoms with Crippen LogP contribution in [0.3, 0.4) is 0 Å². The van der Waals surface area contributed by atoms with E-state index >= 15 is 0 Å². The molecule has 0 unspecified atom stereocenters. The van der Waals surface area contributed by atoms with Crippen molar-refractivity contribution in [1.82, 2.24) is 10.2 Å². The standard InChI is InChI=1S/C35H33Cl3F3N3O4S/c1-2-3-19-42-34(46)32(20-24-11-6-4-7-12-24)43(22-27-28(36)15-10-16-29(27)37)33(45)23-44(49(47,48)26-13-8-5-9-14-26)31-21-25(35(39,40)41)17-18-30(31)38/h4-18,21,32H,2-3,19-20,22-23H2,1H3,(H,42,46)/t32-/m0/s1. The van der Waals surface area contributed by atoms with Gasteiger partial charge in [-0.2, -0.15) is 13.2 Å². The van der Waals surface area contributed by atoms with Crippen LogP contribution in [0.5, 0.6) is 0 Å². The average Bonchev–Trinajstić information content (AvgIpc) is 3.07. The molecule has 0 aliphatic carbocycles. The SMILES string of the molecule is CCCCNC(=O)[C@H](Cc1ccccc1)N(Cc1c(Cl)cccc1Cl)C(=O)CN(c1cc(C(F)(F)F)ccc1Cl)S(=O)(=O)c1ccccc1. The van der Waals surface area contributed by atoms with Crippen LogP contribution in [0.2, 0.25) is 15.1 Å². The Morgan fingerprint density at radius 3 is 2.04 bits per heavy atom. The van der Waals surface area contributed by atoms with Crippen LogP contribution in [0.15, 0.2) is 102 Å². The smallest absolute Gasteiger partial charge is 0.354 e. The van der Waals surface area contributed by atoms with E-state index in [1.807, 2.05) is 6.92 Å². The zero-order chi connectivity index (χ0) is 35.8. The fraction of sp³-hybridized carbons (Fsp3) is 0.257. The van der Waals surface area contributed by atoms with Crippen molar-refractivity contribution in [3.8, 4) is 0 Å². The first-order chi connectivity index (χ1) is 23.2. The summed E-state index contributed by atoms with van der Waals surface area (Å²) < 4.78 is 70.4. The molecule has 0 aromatic heterocycles. The Bertz CT molecular complexity index is 1840. The molecule has 4 aromatic rings. The Labute approximate surface area is 298 Å². The number of anilines is 1. The van der Waals surface area contributed by atoms with E-state index in [0.717, 1.165) is 17.4 Å². The summed E-state index contributed by atoms with van der Waals surface area (Å²) in [6.45, 7) is 0.910. The number of carbonyl (C=O) groups is 2. The first-order valence-electron chi connectivity index (χ1n) is 15.2. The molecule has 0 saturated carbocycles. The molecule has 4 aromatic carbocycles. The van der Waals surface area contributed by atoms with Crippen LogP contribution in [0.4, 0.5) is 18.9 Å². The Morgan fingerprint density at radius 1 is 0.837 bits per heavy atom. The van der Waals surface area contributed by atoms with Crippen LogP contribution in [0, 0.1) is 0 Å². The normalized spacial score (nSPS) is 12.3. The molecule has 0 fully saturated rings. The van der Waals surface area contributed by atoms with Gasteiger partial charge in [0.05, 0.1) is 21.2 Å². The summed E-state index contributed by atoms with van der Waals surface area (Å²) in [6, 6.07) is 21.5. The van der Waals surface area contributed by atoms with Gasteiger partial charge in [-0.05, 0) is 54.4 Å². The number of sulfonamides is 1. The van der Waals surface area contributed by atoms with Crippen molar-refractivity contribution >= 4 is 62.3 Å². The van der Waals surface area contributed by atoms with Gasteiger partial charge in [0.1, 0.15) is 12.6 Å². The van der Waals surface area contributed by atoms with Crippen LogP contribution in [-0.4, -0.2) is 44.3 Å². The summed E-state index contributed by atoms with van der Waals surface area (Å²) in [6.07, 6.45) is -3.39. The fourth-order valence-electron chi connectivity index (χ4n) is 5.03. The van der Waals surface area contributed by atoms with Gasteiger partial charge in [0, 0.05) is 35.1 Å². The van der Waals surface area contributed by atoms with Crippen molar-refractivity contribution in [2.45, 2.75) is 49.8 Å². The number of nitrogens with zero attached hydrogens (tertiary/aromatic N) is 2. The number of unbranched alkanes of at least 4 members (excludes halogenated alkanes) is 1. The first kappa shape index (κ1) is 38.0. The maximum atomic E-state index is 14.6. The lowest BCUT2D eigenvalue weighted by Crippen LogP contribution is -2.53. The third-order valence-electron chi connectivity index (χ3n) is 7.64. The first-order valence-corrected chi connectivity index (χ1v) is 17.8. The minimum Gasteiger partial charge on any atom is -0.354 e. The average molecular weight is 755 g/mol. The lowest BCUT2D eigenvalue weighted by Gasteiger charge is -2.34. The van der Waals surface area contributed by atoms with Gasteiger partial charge in [0.2, 0.25) is 11.8 Å². The van der Waals surface area contributed by atoms with Gasteiger partial charge in [-0.25, -0.2) is 8.42 Å². The summed E-state index contributed by atoms with van der Waals surface area (Å²) in [5.74, 6) is -1.45.